The molecular weight excluding hydrogens is 524 g/mol. The van der Waals surface area contributed by atoms with Gasteiger partial charge in [-0.3, -0.25) is 9.69 Å². The number of anilines is 1. The van der Waals surface area contributed by atoms with Gasteiger partial charge in [0.05, 0.1) is 20.5 Å². The van der Waals surface area contributed by atoms with Crippen LogP contribution in [0.3, 0.4) is 0 Å². The maximum Gasteiger partial charge on any atom is 0.258 e. The Kier molecular flexibility index (Phi) is 9.23. The van der Waals surface area contributed by atoms with Gasteiger partial charge in [0, 0.05) is 37.9 Å². The molecule has 2 aromatic carbocycles. The summed E-state index contributed by atoms with van der Waals surface area (Å²) in [6.45, 7) is 2.10. The number of nitrogens with one attached hydrogen (secondary N) is 1. The zero-order valence-electron chi connectivity index (χ0n) is 18.5. The summed E-state index contributed by atoms with van der Waals surface area (Å²) in [6, 6.07) is 8.30. The van der Waals surface area contributed by atoms with Crippen LogP contribution in [-0.4, -0.2) is 55.8 Å². The molecule has 186 valence electrons. The average molecular weight is 551 g/mol. The minimum absolute atomic E-state index is 0. The fourth-order valence-electron chi connectivity index (χ4n) is 4.52. The highest BCUT2D eigenvalue weighted by Gasteiger charge is 2.32. The number of carbonyl (C=O) groups is 1. The summed E-state index contributed by atoms with van der Waals surface area (Å²) in [6.07, 6.45) is 6.07. The van der Waals surface area contributed by atoms with Crippen LogP contribution in [0.15, 0.2) is 41.3 Å². The third kappa shape index (κ3) is 6.04. The summed E-state index contributed by atoms with van der Waals surface area (Å²) in [5, 5.41) is 3.08. The maximum absolute atomic E-state index is 14.4. The monoisotopic (exact) mass is 549 g/mol. The summed E-state index contributed by atoms with van der Waals surface area (Å²) >= 11 is 11.8. The van der Waals surface area contributed by atoms with Crippen molar-refractivity contribution in [1.29, 1.82) is 0 Å². The Labute approximate surface area is 215 Å². The van der Waals surface area contributed by atoms with Crippen LogP contribution < -0.4 is 5.32 Å². The van der Waals surface area contributed by atoms with Crippen molar-refractivity contribution in [3.8, 4) is 0 Å². The van der Waals surface area contributed by atoms with E-state index >= 15 is 0 Å². The normalized spacial score (nSPS) is 18.3. The Hall–Kier alpha value is -1.42. The molecule has 1 aliphatic carbocycles. The first-order chi connectivity index (χ1) is 15.8. The molecule has 0 unspecified atom stereocenters. The molecule has 11 heteroatoms. The minimum atomic E-state index is -3.85. The molecular formula is C23H27Cl3FN3O3S. The van der Waals surface area contributed by atoms with Gasteiger partial charge >= 0.3 is 0 Å². The molecule has 1 heterocycles. The van der Waals surface area contributed by atoms with E-state index in [-0.39, 0.29) is 27.9 Å². The maximum atomic E-state index is 14.4. The van der Waals surface area contributed by atoms with Crippen LogP contribution in [0.1, 0.15) is 42.5 Å². The number of hydrogen-bond acceptors (Lipinski definition) is 4. The van der Waals surface area contributed by atoms with E-state index in [1.54, 1.807) is 0 Å². The first-order valence-electron chi connectivity index (χ1n) is 11.1. The van der Waals surface area contributed by atoms with E-state index in [4.69, 9.17) is 23.2 Å². The van der Waals surface area contributed by atoms with Gasteiger partial charge in [0.15, 0.2) is 0 Å². The molecule has 1 saturated heterocycles. The van der Waals surface area contributed by atoms with Crippen molar-refractivity contribution in [2.24, 2.45) is 0 Å². The number of halogens is 4. The number of piperazine rings is 1. The molecule has 0 spiro atoms. The highest BCUT2D eigenvalue weighted by Crippen LogP contribution is 2.27. The molecule has 2 aliphatic rings. The van der Waals surface area contributed by atoms with Gasteiger partial charge in [0.25, 0.3) is 5.91 Å². The van der Waals surface area contributed by atoms with E-state index in [2.05, 4.69) is 10.2 Å². The zero-order valence-corrected chi connectivity index (χ0v) is 21.6. The van der Waals surface area contributed by atoms with Gasteiger partial charge < -0.3 is 5.32 Å². The van der Waals surface area contributed by atoms with Crippen LogP contribution in [0.5, 0.6) is 0 Å². The zero-order chi connectivity index (χ0) is 23.6. The quantitative estimate of drug-likeness (QED) is 0.538. The van der Waals surface area contributed by atoms with E-state index in [1.807, 2.05) is 0 Å². The van der Waals surface area contributed by atoms with Gasteiger partial charge in [-0.1, -0.05) is 42.5 Å². The molecule has 0 atom stereocenters. The summed E-state index contributed by atoms with van der Waals surface area (Å²) in [4.78, 5) is 14.9. The van der Waals surface area contributed by atoms with Crippen LogP contribution in [-0.2, 0) is 10.0 Å². The third-order valence-corrected chi connectivity index (χ3v) is 9.00. The lowest BCUT2D eigenvalue weighted by Crippen LogP contribution is -2.52. The van der Waals surface area contributed by atoms with Crippen molar-refractivity contribution in [2.75, 3.05) is 31.5 Å². The van der Waals surface area contributed by atoms with Gasteiger partial charge in [0.2, 0.25) is 10.0 Å². The lowest BCUT2D eigenvalue weighted by molar-refractivity contribution is 0.102. The molecule has 0 aromatic heterocycles. The molecule has 34 heavy (non-hydrogen) atoms. The Bertz CT molecular complexity index is 1140. The number of hydrogen-bond donors (Lipinski definition) is 1. The van der Waals surface area contributed by atoms with Gasteiger partial charge in [-0.25, -0.2) is 12.8 Å². The summed E-state index contributed by atoms with van der Waals surface area (Å²) in [5.41, 5.74) is -0.0381. The summed E-state index contributed by atoms with van der Waals surface area (Å²) in [5.74, 6) is -1.58. The minimum Gasteiger partial charge on any atom is -0.322 e. The number of benzene rings is 2. The van der Waals surface area contributed by atoms with Crippen LogP contribution in [0, 0.1) is 5.82 Å². The number of amides is 1. The Balaban J connectivity index is 0.00000324. The molecule has 0 radical (unpaired) electrons. The lowest BCUT2D eigenvalue weighted by atomic mass is 9.94. The van der Waals surface area contributed by atoms with Gasteiger partial charge in [0.1, 0.15) is 5.82 Å². The van der Waals surface area contributed by atoms with Crippen molar-refractivity contribution >= 4 is 57.2 Å². The Morgan fingerprint density at radius 3 is 2.26 bits per heavy atom. The number of carbonyl (C=O) groups excluding carboxylic acids is 1. The first-order valence-corrected chi connectivity index (χ1v) is 13.3. The van der Waals surface area contributed by atoms with Crippen molar-refractivity contribution in [3.63, 3.8) is 0 Å². The Morgan fingerprint density at radius 1 is 0.941 bits per heavy atom. The number of nitrogens with zero attached hydrogens (tertiary/aromatic N) is 2. The molecule has 1 amide bonds. The predicted molar refractivity (Wildman–Crippen MR) is 135 cm³/mol. The molecule has 2 fully saturated rings. The van der Waals surface area contributed by atoms with Crippen LogP contribution in [0.25, 0.3) is 0 Å². The molecule has 2 aromatic rings. The largest absolute Gasteiger partial charge is 0.322 e. The molecule has 1 aliphatic heterocycles. The molecule has 1 saturated carbocycles. The standard InChI is InChI=1S/C23H26Cl2FN3O3S.ClH/c24-20-8-6-16(14-21(20)25)27-23(30)19-15-18(7-9-22(19)26)33(31,32)29-12-10-28(11-13-29)17-4-2-1-3-5-17;/h6-9,14-15,17H,1-5,10-13H2,(H,27,30);1H. The van der Waals surface area contributed by atoms with E-state index in [1.165, 1.54) is 60.7 Å². The summed E-state index contributed by atoms with van der Waals surface area (Å²) in [7, 11) is -3.85. The number of rotatable bonds is 5. The van der Waals surface area contributed by atoms with Crippen molar-refractivity contribution in [1.82, 2.24) is 9.21 Å². The number of sulfonamides is 1. The molecule has 6 nitrogen and oxygen atoms in total. The second-order valence-corrected chi connectivity index (χ2v) is 11.2. The first kappa shape index (κ1) is 27.2. The average Bonchev–Trinajstić information content (AvgIpc) is 2.82. The van der Waals surface area contributed by atoms with Crippen molar-refractivity contribution in [3.05, 3.63) is 57.8 Å². The summed E-state index contributed by atoms with van der Waals surface area (Å²) < 4.78 is 42.3. The van der Waals surface area contributed by atoms with Crippen LogP contribution in [0.4, 0.5) is 10.1 Å². The Morgan fingerprint density at radius 2 is 1.62 bits per heavy atom. The third-order valence-electron chi connectivity index (χ3n) is 6.36. The molecule has 1 N–H and O–H groups in total. The second-order valence-electron chi connectivity index (χ2n) is 8.46. The lowest BCUT2D eigenvalue weighted by Gasteiger charge is -2.40. The highest BCUT2D eigenvalue weighted by atomic mass is 35.5. The van der Waals surface area contributed by atoms with E-state index < -0.39 is 21.7 Å². The highest BCUT2D eigenvalue weighted by molar-refractivity contribution is 7.89. The van der Waals surface area contributed by atoms with E-state index in [0.717, 1.165) is 12.1 Å². The van der Waals surface area contributed by atoms with Gasteiger partial charge in [-0.2, -0.15) is 4.31 Å². The van der Waals surface area contributed by atoms with E-state index in [9.17, 15) is 17.6 Å². The van der Waals surface area contributed by atoms with Crippen molar-refractivity contribution < 1.29 is 17.6 Å². The second kappa shape index (κ2) is 11.5. The smallest absolute Gasteiger partial charge is 0.258 e. The van der Waals surface area contributed by atoms with Crippen LogP contribution >= 0.6 is 35.6 Å². The fourth-order valence-corrected chi connectivity index (χ4v) is 6.26. The van der Waals surface area contributed by atoms with Crippen LogP contribution in [0.2, 0.25) is 10.0 Å². The van der Waals surface area contributed by atoms with E-state index in [0.29, 0.717) is 42.9 Å². The van der Waals surface area contributed by atoms with Gasteiger partial charge in [-0.05, 0) is 49.2 Å². The topological polar surface area (TPSA) is 69.7 Å². The fraction of sp³-hybridized carbons (Fsp3) is 0.435. The predicted octanol–water partition coefficient (Wildman–Crippen LogP) is 5.45. The van der Waals surface area contributed by atoms with Crippen molar-refractivity contribution in [2.45, 2.75) is 43.0 Å². The molecule has 0 bridgehead atoms. The van der Waals surface area contributed by atoms with Gasteiger partial charge in [-0.15, -0.1) is 12.4 Å². The SMILES string of the molecule is Cl.O=C(Nc1ccc(Cl)c(Cl)c1)c1cc(S(=O)(=O)N2CCN(C3CCCCC3)CC2)ccc1F. The molecule has 4 rings (SSSR count).